The Morgan fingerprint density at radius 3 is 2.15 bits per heavy atom. The van der Waals surface area contributed by atoms with Gasteiger partial charge in [0.2, 0.25) is 0 Å². The Balaban J connectivity index is 2.26. The van der Waals surface area contributed by atoms with Gasteiger partial charge >= 0.3 is 11.9 Å². The molecule has 1 aliphatic rings. The Labute approximate surface area is 155 Å². The van der Waals surface area contributed by atoms with Crippen molar-refractivity contribution >= 4 is 17.7 Å². The minimum absolute atomic E-state index is 0.137. The first-order chi connectivity index (χ1) is 12.5. The maximum atomic E-state index is 12.6. The number of carbonyl (C=O) groups excluding carboxylic acids is 3. The van der Waals surface area contributed by atoms with Crippen LogP contribution in [0.15, 0.2) is 24.3 Å². The quantitative estimate of drug-likeness (QED) is 0.693. The van der Waals surface area contributed by atoms with Crippen LogP contribution in [-0.4, -0.2) is 30.9 Å². The zero-order valence-electron chi connectivity index (χ0n) is 15.8. The lowest BCUT2D eigenvalue weighted by Crippen LogP contribution is -2.31. The molecule has 1 aromatic rings. The van der Waals surface area contributed by atoms with Crippen LogP contribution < -0.4 is 0 Å². The van der Waals surface area contributed by atoms with E-state index in [4.69, 9.17) is 9.47 Å². The van der Waals surface area contributed by atoms with Crippen LogP contribution in [0.5, 0.6) is 0 Å². The molecule has 1 saturated carbocycles. The number of rotatable bonds is 7. The molecule has 1 aliphatic carbocycles. The molecule has 0 N–H and O–H groups in total. The highest BCUT2D eigenvalue weighted by molar-refractivity contribution is 5.90. The fourth-order valence-electron chi connectivity index (χ4n) is 3.52. The lowest BCUT2D eigenvalue weighted by Gasteiger charge is -2.28. The van der Waals surface area contributed by atoms with Crippen molar-refractivity contribution in [1.82, 2.24) is 0 Å². The summed E-state index contributed by atoms with van der Waals surface area (Å²) in [4.78, 5) is 36.8. The molecule has 1 fully saturated rings. The molecule has 142 valence electrons. The summed E-state index contributed by atoms with van der Waals surface area (Å²) < 4.78 is 10.3. The summed E-state index contributed by atoms with van der Waals surface area (Å²) in [7, 11) is 0. The molecule has 0 aliphatic heterocycles. The molecule has 26 heavy (non-hydrogen) atoms. The van der Waals surface area contributed by atoms with Crippen LogP contribution in [-0.2, 0) is 23.9 Å². The van der Waals surface area contributed by atoms with E-state index in [2.05, 4.69) is 0 Å². The molecule has 2 rings (SSSR count). The Morgan fingerprint density at radius 2 is 1.58 bits per heavy atom. The highest BCUT2D eigenvalue weighted by atomic mass is 16.5. The SMILES string of the molecule is CCOC(=O)C(C)c1ccc(C(C(=O)OCC)C2CCCCC2=O)cc1. The highest BCUT2D eigenvalue weighted by Gasteiger charge is 2.37. The zero-order chi connectivity index (χ0) is 19.1. The van der Waals surface area contributed by atoms with Gasteiger partial charge in [0.1, 0.15) is 5.78 Å². The van der Waals surface area contributed by atoms with Crippen molar-refractivity contribution in [3.8, 4) is 0 Å². The van der Waals surface area contributed by atoms with Gasteiger partial charge in [-0.05, 0) is 44.7 Å². The molecule has 0 heterocycles. The van der Waals surface area contributed by atoms with Crippen molar-refractivity contribution in [1.29, 1.82) is 0 Å². The molecule has 3 unspecified atom stereocenters. The van der Waals surface area contributed by atoms with Crippen LogP contribution in [0.3, 0.4) is 0 Å². The summed E-state index contributed by atoms with van der Waals surface area (Å²) in [6.45, 7) is 5.96. The van der Waals surface area contributed by atoms with Crippen molar-refractivity contribution in [3.05, 3.63) is 35.4 Å². The van der Waals surface area contributed by atoms with Crippen LogP contribution in [0.2, 0.25) is 0 Å². The van der Waals surface area contributed by atoms with E-state index in [1.807, 2.05) is 24.3 Å². The second-order valence-corrected chi connectivity index (χ2v) is 6.69. The molecule has 0 radical (unpaired) electrons. The lowest BCUT2D eigenvalue weighted by atomic mass is 9.75. The van der Waals surface area contributed by atoms with Crippen LogP contribution in [0.1, 0.15) is 69.4 Å². The third kappa shape index (κ3) is 4.71. The number of benzene rings is 1. The largest absolute Gasteiger partial charge is 0.466 e. The number of ether oxygens (including phenoxy) is 2. The van der Waals surface area contributed by atoms with Gasteiger partial charge in [-0.2, -0.15) is 0 Å². The minimum Gasteiger partial charge on any atom is -0.466 e. The Hall–Kier alpha value is -2.17. The Bertz CT molecular complexity index is 634. The molecule has 3 atom stereocenters. The van der Waals surface area contributed by atoms with Crippen molar-refractivity contribution in [2.24, 2.45) is 5.92 Å². The molecule has 5 heteroatoms. The predicted molar refractivity (Wildman–Crippen MR) is 97.8 cm³/mol. The number of esters is 2. The van der Waals surface area contributed by atoms with Gasteiger partial charge in [0.25, 0.3) is 0 Å². The molecule has 5 nitrogen and oxygen atoms in total. The van der Waals surface area contributed by atoms with Gasteiger partial charge in [0.15, 0.2) is 0 Å². The van der Waals surface area contributed by atoms with E-state index in [1.165, 1.54) is 0 Å². The zero-order valence-corrected chi connectivity index (χ0v) is 15.8. The molecule has 0 saturated heterocycles. The lowest BCUT2D eigenvalue weighted by molar-refractivity contribution is -0.149. The first kappa shape index (κ1) is 20.1. The fraction of sp³-hybridized carbons (Fsp3) is 0.571. The molecule has 0 bridgehead atoms. The van der Waals surface area contributed by atoms with E-state index in [9.17, 15) is 14.4 Å². The van der Waals surface area contributed by atoms with Gasteiger partial charge in [-0.25, -0.2) is 0 Å². The van der Waals surface area contributed by atoms with Gasteiger partial charge < -0.3 is 9.47 Å². The molecule has 0 spiro atoms. The fourth-order valence-corrected chi connectivity index (χ4v) is 3.52. The van der Waals surface area contributed by atoms with Gasteiger partial charge in [-0.15, -0.1) is 0 Å². The summed E-state index contributed by atoms with van der Waals surface area (Å²) >= 11 is 0. The molecule has 0 aromatic heterocycles. The van der Waals surface area contributed by atoms with Gasteiger partial charge in [-0.3, -0.25) is 14.4 Å². The van der Waals surface area contributed by atoms with Crippen molar-refractivity contribution in [2.45, 2.75) is 58.3 Å². The average molecular weight is 360 g/mol. The van der Waals surface area contributed by atoms with E-state index < -0.39 is 5.92 Å². The average Bonchev–Trinajstić information content (AvgIpc) is 2.64. The Morgan fingerprint density at radius 1 is 1.00 bits per heavy atom. The number of carbonyl (C=O) groups is 3. The summed E-state index contributed by atoms with van der Waals surface area (Å²) in [6, 6.07) is 7.32. The summed E-state index contributed by atoms with van der Waals surface area (Å²) in [5.41, 5.74) is 1.59. The number of Topliss-reactive ketones (excluding diaryl/α,β-unsaturated/α-hetero) is 1. The summed E-state index contributed by atoms with van der Waals surface area (Å²) in [5, 5.41) is 0. The normalized spacial score (nSPS) is 19.5. The third-order valence-corrected chi connectivity index (χ3v) is 4.98. The summed E-state index contributed by atoms with van der Waals surface area (Å²) in [5.74, 6) is -1.76. The van der Waals surface area contributed by atoms with Gasteiger partial charge in [0.05, 0.1) is 25.0 Å². The topological polar surface area (TPSA) is 69.7 Å². The Kier molecular flexibility index (Phi) is 7.37. The maximum absolute atomic E-state index is 12.6. The van der Waals surface area contributed by atoms with Gasteiger partial charge in [0, 0.05) is 12.3 Å². The highest BCUT2D eigenvalue weighted by Crippen LogP contribution is 2.35. The predicted octanol–water partition coefficient (Wildman–Crippen LogP) is 3.76. The first-order valence-electron chi connectivity index (χ1n) is 9.45. The van der Waals surface area contributed by atoms with Crippen LogP contribution in [0.25, 0.3) is 0 Å². The van der Waals surface area contributed by atoms with Crippen LogP contribution in [0.4, 0.5) is 0 Å². The van der Waals surface area contributed by atoms with Gasteiger partial charge in [-0.1, -0.05) is 30.7 Å². The first-order valence-corrected chi connectivity index (χ1v) is 9.45. The third-order valence-electron chi connectivity index (χ3n) is 4.98. The van der Waals surface area contributed by atoms with Crippen molar-refractivity contribution in [3.63, 3.8) is 0 Å². The smallest absolute Gasteiger partial charge is 0.314 e. The number of hydrogen-bond donors (Lipinski definition) is 0. The number of hydrogen-bond acceptors (Lipinski definition) is 5. The summed E-state index contributed by atoms with van der Waals surface area (Å²) in [6.07, 6.45) is 3.08. The molecule has 1 aromatic carbocycles. The second kappa shape index (κ2) is 9.51. The van der Waals surface area contributed by atoms with Crippen molar-refractivity contribution in [2.75, 3.05) is 13.2 Å². The van der Waals surface area contributed by atoms with Crippen molar-refractivity contribution < 1.29 is 23.9 Å². The van der Waals surface area contributed by atoms with E-state index in [1.54, 1.807) is 20.8 Å². The monoisotopic (exact) mass is 360 g/mol. The van der Waals surface area contributed by atoms with E-state index in [0.29, 0.717) is 19.4 Å². The van der Waals surface area contributed by atoms with Crippen LogP contribution in [0, 0.1) is 5.92 Å². The van der Waals surface area contributed by atoms with Crippen LogP contribution >= 0.6 is 0 Å². The number of ketones is 1. The van der Waals surface area contributed by atoms with E-state index >= 15 is 0 Å². The maximum Gasteiger partial charge on any atom is 0.314 e. The van der Waals surface area contributed by atoms with E-state index in [0.717, 1.165) is 24.0 Å². The second-order valence-electron chi connectivity index (χ2n) is 6.69. The standard InChI is InChI=1S/C21H28O5/c1-4-25-20(23)14(3)15-10-12-16(13-11-15)19(21(24)26-5-2)17-8-6-7-9-18(17)22/h10-14,17,19H,4-9H2,1-3H3. The molecular weight excluding hydrogens is 332 g/mol. The molecular formula is C21H28O5. The minimum atomic E-state index is -0.574. The van der Waals surface area contributed by atoms with E-state index in [-0.39, 0.29) is 36.2 Å². The molecule has 0 amide bonds.